The zero-order valence-electron chi connectivity index (χ0n) is 13.0. The maximum Gasteiger partial charge on any atom is 0.221 e. The summed E-state index contributed by atoms with van der Waals surface area (Å²) >= 11 is 0. The fourth-order valence-corrected chi connectivity index (χ4v) is 2.45. The van der Waals surface area contributed by atoms with Crippen LogP contribution in [-0.4, -0.2) is 32.2 Å². The van der Waals surface area contributed by atoms with Gasteiger partial charge in [-0.15, -0.1) is 22.5 Å². The number of H-pyrrole nitrogens is 1. The smallest absolute Gasteiger partial charge is 0.221 e. The Morgan fingerprint density at radius 2 is 2.08 bits per heavy atom. The molecule has 0 fully saturated rings. The van der Waals surface area contributed by atoms with E-state index in [2.05, 4.69) is 42.1 Å². The van der Waals surface area contributed by atoms with Gasteiger partial charge in [0, 0.05) is 25.7 Å². The van der Waals surface area contributed by atoms with E-state index >= 15 is 0 Å². The Hall–Kier alpha value is -3.08. The van der Waals surface area contributed by atoms with Crippen LogP contribution in [0.5, 0.6) is 0 Å². The van der Waals surface area contributed by atoms with Crippen molar-refractivity contribution >= 4 is 5.91 Å². The minimum Gasteiger partial charge on any atom is -0.342 e. The molecule has 0 spiro atoms. The van der Waals surface area contributed by atoms with Gasteiger partial charge >= 0.3 is 0 Å². The molecule has 8 heteroatoms. The van der Waals surface area contributed by atoms with Crippen LogP contribution < -0.4 is 5.32 Å². The SMILES string of the molecule is C#CCCC1(CCC(=O)NC(c2ccccc2)c2nn[nH]n2)N=N1. The summed E-state index contributed by atoms with van der Waals surface area (Å²) in [6, 6.07) is 9.05. The second kappa shape index (κ2) is 7.00. The number of carbonyl (C=O) groups is 1. The number of benzene rings is 1. The number of nitrogens with zero attached hydrogens (tertiary/aromatic N) is 5. The van der Waals surface area contributed by atoms with Crippen molar-refractivity contribution in [3.63, 3.8) is 0 Å². The van der Waals surface area contributed by atoms with Crippen LogP contribution in [0.15, 0.2) is 40.6 Å². The van der Waals surface area contributed by atoms with E-state index in [0.29, 0.717) is 31.5 Å². The highest BCUT2D eigenvalue weighted by Crippen LogP contribution is 2.37. The van der Waals surface area contributed by atoms with Gasteiger partial charge in [-0.25, -0.2) is 0 Å². The van der Waals surface area contributed by atoms with Gasteiger partial charge in [0.15, 0.2) is 5.66 Å². The van der Waals surface area contributed by atoms with Gasteiger partial charge in [0.2, 0.25) is 11.7 Å². The molecule has 1 aromatic heterocycles. The van der Waals surface area contributed by atoms with Crippen LogP contribution >= 0.6 is 0 Å². The second-order valence-electron chi connectivity index (χ2n) is 5.57. The number of nitrogens with one attached hydrogen (secondary N) is 2. The molecule has 0 saturated carbocycles. The third-order valence-corrected chi connectivity index (χ3v) is 3.86. The van der Waals surface area contributed by atoms with Gasteiger partial charge in [0.25, 0.3) is 0 Å². The van der Waals surface area contributed by atoms with E-state index in [1.807, 2.05) is 30.3 Å². The van der Waals surface area contributed by atoms with E-state index in [1.54, 1.807) is 0 Å². The van der Waals surface area contributed by atoms with Gasteiger partial charge in [-0.1, -0.05) is 35.5 Å². The number of tetrazole rings is 1. The summed E-state index contributed by atoms with van der Waals surface area (Å²) in [5.41, 5.74) is 0.424. The molecular weight excluding hydrogens is 306 g/mol. The first-order valence-electron chi connectivity index (χ1n) is 7.68. The fraction of sp³-hybridized carbons (Fsp3) is 0.375. The molecule has 24 heavy (non-hydrogen) atoms. The zero-order valence-corrected chi connectivity index (χ0v) is 13.0. The van der Waals surface area contributed by atoms with Gasteiger partial charge in [-0.2, -0.15) is 15.4 Å². The first-order chi connectivity index (χ1) is 11.7. The topological polar surface area (TPSA) is 108 Å². The number of amides is 1. The Bertz CT molecular complexity index is 742. The van der Waals surface area contributed by atoms with Gasteiger partial charge in [-0.05, 0) is 5.56 Å². The van der Waals surface area contributed by atoms with Crippen molar-refractivity contribution in [1.29, 1.82) is 0 Å². The summed E-state index contributed by atoms with van der Waals surface area (Å²) in [4.78, 5) is 12.3. The molecule has 2 N–H and O–H groups in total. The Morgan fingerprint density at radius 3 is 2.71 bits per heavy atom. The summed E-state index contributed by atoms with van der Waals surface area (Å²) in [6.45, 7) is 0. The lowest BCUT2D eigenvalue weighted by atomic mass is 10.0. The Labute approximate surface area is 139 Å². The third-order valence-electron chi connectivity index (χ3n) is 3.86. The average Bonchev–Trinajstić information content (AvgIpc) is 3.18. The fourth-order valence-electron chi connectivity index (χ4n) is 2.45. The van der Waals surface area contributed by atoms with Crippen molar-refractivity contribution in [2.45, 2.75) is 37.4 Å². The zero-order chi connectivity index (χ0) is 16.8. The van der Waals surface area contributed by atoms with Crippen LogP contribution in [0.1, 0.15) is 43.1 Å². The van der Waals surface area contributed by atoms with Crippen molar-refractivity contribution in [3.05, 3.63) is 41.7 Å². The van der Waals surface area contributed by atoms with E-state index in [1.165, 1.54) is 0 Å². The Balaban J connectivity index is 1.61. The van der Waals surface area contributed by atoms with E-state index in [-0.39, 0.29) is 5.91 Å². The predicted octanol–water partition coefficient (Wildman–Crippen LogP) is 1.76. The van der Waals surface area contributed by atoms with Crippen molar-refractivity contribution < 1.29 is 4.79 Å². The summed E-state index contributed by atoms with van der Waals surface area (Å²) in [7, 11) is 0. The minimum absolute atomic E-state index is 0.119. The molecule has 1 aromatic carbocycles. The molecule has 0 bridgehead atoms. The maximum absolute atomic E-state index is 12.3. The summed E-state index contributed by atoms with van der Waals surface area (Å²) < 4.78 is 0. The lowest BCUT2D eigenvalue weighted by molar-refractivity contribution is -0.121. The summed E-state index contributed by atoms with van der Waals surface area (Å²) in [5.74, 6) is 2.87. The normalized spacial score (nSPS) is 15.5. The standard InChI is InChI=1S/C16H17N7O/c1-2-3-10-16(20-21-16)11-9-13(24)17-14(15-18-22-23-19-15)12-7-5-4-6-8-12/h1,4-8,14H,3,9-11H2,(H,17,24)(H,18,19,22,23). The highest BCUT2D eigenvalue weighted by atomic mass is 16.1. The van der Waals surface area contributed by atoms with E-state index in [9.17, 15) is 4.79 Å². The average molecular weight is 323 g/mol. The molecule has 1 unspecified atom stereocenters. The van der Waals surface area contributed by atoms with Crippen molar-refractivity contribution in [1.82, 2.24) is 25.9 Å². The number of rotatable bonds is 8. The summed E-state index contributed by atoms with van der Waals surface area (Å²) in [5, 5.41) is 25.0. The Morgan fingerprint density at radius 1 is 1.29 bits per heavy atom. The molecule has 1 aliphatic heterocycles. The predicted molar refractivity (Wildman–Crippen MR) is 85.5 cm³/mol. The number of carbonyl (C=O) groups excluding carboxylic acids is 1. The Kier molecular flexibility index (Phi) is 4.61. The van der Waals surface area contributed by atoms with E-state index < -0.39 is 11.7 Å². The number of terminal acetylenes is 1. The highest BCUT2D eigenvalue weighted by Gasteiger charge is 2.39. The molecule has 2 aromatic rings. The second-order valence-corrected chi connectivity index (χ2v) is 5.57. The van der Waals surface area contributed by atoms with E-state index in [0.717, 1.165) is 5.56 Å². The number of hydrogen-bond acceptors (Lipinski definition) is 6. The molecule has 2 heterocycles. The lowest BCUT2D eigenvalue weighted by Gasteiger charge is -2.16. The van der Waals surface area contributed by atoms with E-state index in [4.69, 9.17) is 6.42 Å². The molecule has 1 aliphatic rings. The quantitative estimate of drug-likeness (QED) is 0.721. The molecule has 8 nitrogen and oxygen atoms in total. The molecule has 0 aliphatic carbocycles. The van der Waals surface area contributed by atoms with Crippen LogP contribution in [0.2, 0.25) is 0 Å². The molecule has 122 valence electrons. The number of aromatic nitrogens is 4. The van der Waals surface area contributed by atoms with Gasteiger partial charge in [0.05, 0.1) is 0 Å². The molecule has 0 saturated heterocycles. The van der Waals surface area contributed by atoms with Crippen LogP contribution in [0.3, 0.4) is 0 Å². The lowest BCUT2D eigenvalue weighted by Crippen LogP contribution is -2.31. The van der Waals surface area contributed by atoms with Gasteiger partial charge in [0.1, 0.15) is 6.04 Å². The van der Waals surface area contributed by atoms with Crippen LogP contribution in [0.25, 0.3) is 0 Å². The molecular formula is C16H17N7O. The molecule has 3 rings (SSSR count). The van der Waals surface area contributed by atoms with Crippen LogP contribution in [0.4, 0.5) is 0 Å². The van der Waals surface area contributed by atoms with Gasteiger partial charge < -0.3 is 5.32 Å². The first kappa shape index (κ1) is 15.8. The number of aromatic amines is 1. The minimum atomic E-state index is -0.460. The number of hydrogen-bond donors (Lipinski definition) is 2. The summed E-state index contributed by atoms with van der Waals surface area (Å²) in [6.07, 6.45) is 7.41. The van der Waals surface area contributed by atoms with Crippen molar-refractivity contribution in [3.8, 4) is 12.3 Å². The molecule has 1 amide bonds. The van der Waals surface area contributed by atoms with Gasteiger partial charge in [-0.3, -0.25) is 4.79 Å². The molecule has 0 radical (unpaired) electrons. The highest BCUT2D eigenvalue weighted by molar-refractivity contribution is 5.77. The monoisotopic (exact) mass is 323 g/mol. The van der Waals surface area contributed by atoms with Crippen LogP contribution in [0, 0.1) is 12.3 Å². The first-order valence-corrected chi connectivity index (χ1v) is 7.68. The molecule has 1 atom stereocenters. The van der Waals surface area contributed by atoms with Crippen molar-refractivity contribution in [2.75, 3.05) is 0 Å². The third kappa shape index (κ3) is 3.81. The van der Waals surface area contributed by atoms with Crippen LogP contribution in [-0.2, 0) is 4.79 Å². The van der Waals surface area contributed by atoms with Crippen molar-refractivity contribution in [2.24, 2.45) is 10.2 Å². The maximum atomic E-state index is 12.3. The largest absolute Gasteiger partial charge is 0.342 e.